The number of carbonyl (C=O) groups is 1. The van der Waals surface area contributed by atoms with E-state index in [0.717, 1.165) is 12.8 Å². The van der Waals surface area contributed by atoms with Gasteiger partial charge in [-0.15, -0.1) is 6.58 Å². The van der Waals surface area contributed by atoms with Crippen molar-refractivity contribution in [2.45, 2.75) is 65.7 Å². The van der Waals surface area contributed by atoms with E-state index in [0.29, 0.717) is 17.3 Å². The first kappa shape index (κ1) is 15.1. The Balaban J connectivity index is 1.96. The summed E-state index contributed by atoms with van der Waals surface area (Å²) < 4.78 is 0. The van der Waals surface area contributed by atoms with Crippen LogP contribution < -0.4 is 0 Å². The van der Waals surface area contributed by atoms with Gasteiger partial charge in [-0.2, -0.15) is 0 Å². The molecule has 3 aliphatic carbocycles. The molecule has 2 saturated carbocycles. The fraction of sp³-hybridized carbons (Fsp3) is 0.750. The van der Waals surface area contributed by atoms with Gasteiger partial charge in [0.2, 0.25) is 0 Å². The van der Waals surface area contributed by atoms with Crippen LogP contribution in [0, 0.1) is 28.1 Å². The van der Waals surface area contributed by atoms with Gasteiger partial charge in [-0.25, -0.2) is 0 Å². The fourth-order valence-corrected chi connectivity index (χ4v) is 5.80. The third kappa shape index (κ3) is 2.15. The Labute approximate surface area is 129 Å². The second-order valence-electron chi connectivity index (χ2n) is 8.68. The second-order valence-corrected chi connectivity index (χ2v) is 8.68. The van der Waals surface area contributed by atoms with Crippen molar-refractivity contribution in [3.8, 4) is 0 Å². The smallest absolute Gasteiger partial charge is 0.126 e. The van der Waals surface area contributed by atoms with Crippen molar-refractivity contribution in [3.63, 3.8) is 0 Å². The van der Waals surface area contributed by atoms with Gasteiger partial charge in [0.05, 0.1) is 0 Å². The molecule has 3 aliphatic rings. The van der Waals surface area contributed by atoms with Gasteiger partial charge in [-0.05, 0) is 61.2 Å². The Morgan fingerprint density at radius 2 is 2.00 bits per heavy atom. The van der Waals surface area contributed by atoms with E-state index >= 15 is 0 Å². The first-order valence-corrected chi connectivity index (χ1v) is 8.66. The number of carbonyl (C=O) groups excluding carboxylic acids is 1. The van der Waals surface area contributed by atoms with Gasteiger partial charge >= 0.3 is 0 Å². The average molecular weight is 286 g/mol. The molecular weight excluding hydrogens is 256 g/mol. The van der Waals surface area contributed by atoms with Crippen LogP contribution in [-0.2, 0) is 4.79 Å². The molecule has 0 aromatic heterocycles. The second kappa shape index (κ2) is 4.83. The summed E-state index contributed by atoms with van der Waals surface area (Å²) >= 11 is 0. The molecule has 0 spiro atoms. The van der Waals surface area contributed by atoms with Gasteiger partial charge < -0.3 is 4.79 Å². The Bertz CT molecular complexity index is 490. The molecule has 21 heavy (non-hydrogen) atoms. The maximum atomic E-state index is 11.8. The van der Waals surface area contributed by atoms with Gasteiger partial charge in [-0.1, -0.05) is 44.9 Å². The third-order valence-corrected chi connectivity index (χ3v) is 7.26. The first-order chi connectivity index (χ1) is 9.87. The minimum Gasteiger partial charge on any atom is -0.303 e. The summed E-state index contributed by atoms with van der Waals surface area (Å²) in [6, 6.07) is 0. The minimum absolute atomic E-state index is 0.103. The molecule has 3 rings (SSSR count). The van der Waals surface area contributed by atoms with E-state index in [4.69, 9.17) is 0 Å². The maximum Gasteiger partial charge on any atom is 0.126 e. The lowest BCUT2D eigenvalue weighted by molar-refractivity contribution is -0.129. The van der Waals surface area contributed by atoms with E-state index in [9.17, 15) is 4.79 Å². The largest absolute Gasteiger partial charge is 0.303 e. The highest BCUT2D eigenvalue weighted by Gasteiger charge is 2.55. The quantitative estimate of drug-likeness (QED) is 0.496. The highest BCUT2D eigenvalue weighted by molar-refractivity contribution is 5.60. The number of aldehydes is 1. The van der Waals surface area contributed by atoms with Crippen LogP contribution in [0.4, 0.5) is 0 Å². The Hall–Kier alpha value is -0.850. The molecule has 2 fully saturated rings. The van der Waals surface area contributed by atoms with Crippen LogP contribution in [0.3, 0.4) is 0 Å². The van der Waals surface area contributed by atoms with Crippen molar-refractivity contribution in [3.05, 3.63) is 24.3 Å². The molecule has 1 nitrogen and oxygen atoms in total. The zero-order valence-corrected chi connectivity index (χ0v) is 14.0. The summed E-state index contributed by atoms with van der Waals surface area (Å²) in [5.74, 6) is 1.24. The van der Waals surface area contributed by atoms with Gasteiger partial charge in [0.1, 0.15) is 6.29 Å². The van der Waals surface area contributed by atoms with Gasteiger partial charge in [0.25, 0.3) is 0 Å². The van der Waals surface area contributed by atoms with E-state index < -0.39 is 0 Å². The van der Waals surface area contributed by atoms with Crippen molar-refractivity contribution >= 4 is 6.29 Å². The molecule has 0 aromatic rings. The summed E-state index contributed by atoms with van der Waals surface area (Å²) in [5.41, 5.74) is 2.18. The highest BCUT2D eigenvalue weighted by Crippen LogP contribution is 2.63. The number of hydrogen-bond acceptors (Lipinski definition) is 1. The molecule has 0 heterocycles. The van der Waals surface area contributed by atoms with Crippen molar-refractivity contribution < 1.29 is 4.79 Å². The first-order valence-electron chi connectivity index (χ1n) is 8.66. The number of hydrogen-bond donors (Lipinski definition) is 0. The standard InChI is InChI=1S/C20H30O/c1-5-18(2)12-9-16-15(13-18)7-8-17-19(3,14-21)10-6-11-20(16,17)4/h5,7,14,16-17H,1,6,8-13H2,2-4H3/t16-,17+,18-,19-,20+/m1/s1. The molecule has 0 radical (unpaired) electrons. The predicted octanol–water partition coefficient (Wildman–Crippen LogP) is 5.32. The van der Waals surface area contributed by atoms with Crippen LogP contribution in [0.5, 0.6) is 0 Å². The summed E-state index contributed by atoms with van der Waals surface area (Å²) in [7, 11) is 0. The third-order valence-electron chi connectivity index (χ3n) is 7.26. The van der Waals surface area contributed by atoms with Crippen LogP contribution in [0.15, 0.2) is 24.3 Å². The number of allylic oxidation sites excluding steroid dienone is 3. The van der Waals surface area contributed by atoms with E-state index in [1.165, 1.54) is 38.4 Å². The van der Waals surface area contributed by atoms with E-state index in [1.807, 2.05) is 0 Å². The normalized spacial score (nSPS) is 49.6. The lowest BCUT2D eigenvalue weighted by atomic mass is 9.46. The summed E-state index contributed by atoms with van der Waals surface area (Å²) in [6.45, 7) is 11.1. The SMILES string of the molecule is C=C[C@]1(C)CC[C@@H]2C(=CC[C@@H]3[C@@]2(C)CCC[C@]3(C)C=O)C1. The van der Waals surface area contributed by atoms with Gasteiger partial charge in [0, 0.05) is 5.41 Å². The Morgan fingerprint density at radius 3 is 2.67 bits per heavy atom. The van der Waals surface area contributed by atoms with E-state index in [2.05, 4.69) is 39.5 Å². The van der Waals surface area contributed by atoms with E-state index in [1.54, 1.807) is 5.57 Å². The summed E-state index contributed by atoms with van der Waals surface area (Å²) in [4.78, 5) is 11.8. The lowest BCUT2D eigenvalue weighted by Gasteiger charge is -2.58. The molecule has 0 amide bonds. The summed E-state index contributed by atoms with van der Waals surface area (Å²) in [6.07, 6.45) is 14.3. The molecule has 5 atom stereocenters. The highest BCUT2D eigenvalue weighted by atomic mass is 16.1. The maximum absolute atomic E-state index is 11.8. The zero-order valence-electron chi connectivity index (χ0n) is 14.0. The molecule has 0 N–H and O–H groups in total. The molecule has 0 aliphatic heterocycles. The Morgan fingerprint density at radius 1 is 1.24 bits per heavy atom. The average Bonchev–Trinajstić information content (AvgIpc) is 2.46. The number of rotatable bonds is 2. The van der Waals surface area contributed by atoms with Crippen molar-refractivity contribution in [2.24, 2.45) is 28.1 Å². The van der Waals surface area contributed by atoms with Crippen molar-refractivity contribution in [2.75, 3.05) is 0 Å². The van der Waals surface area contributed by atoms with Crippen LogP contribution >= 0.6 is 0 Å². The molecule has 116 valence electrons. The van der Waals surface area contributed by atoms with E-state index in [-0.39, 0.29) is 10.8 Å². The van der Waals surface area contributed by atoms with Crippen LogP contribution in [0.25, 0.3) is 0 Å². The molecular formula is C20H30O. The van der Waals surface area contributed by atoms with Gasteiger partial charge in [0.15, 0.2) is 0 Å². The fourth-order valence-electron chi connectivity index (χ4n) is 5.80. The number of fused-ring (bicyclic) bond motifs is 3. The minimum atomic E-state index is -0.103. The molecule has 0 saturated heterocycles. The molecule has 0 aromatic carbocycles. The van der Waals surface area contributed by atoms with Crippen LogP contribution in [0.2, 0.25) is 0 Å². The monoisotopic (exact) mass is 286 g/mol. The molecule has 0 unspecified atom stereocenters. The lowest BCUT2D eigenvalue weighted by Crippen LogP contribution is -2.51. The van der Waals surface area contributed by atoms with Crippen LogP contribution in [0.1, 0.15) is 65.7 Å². The topological polar surface area (TPSA) is 17.1 Å². The van der Waals surface area contributed by atoms with Crippen molar-refractivity contribution in [1.29, 1.82) is 0 Å². The predicted molar refractivity (Wildman–Crippen MR) is 88.0 cm³/mol. The zero-order chi connectivity index (χ0) is 15.3. The summed E-state index contributed by atoms with van der Waals surface area (Å²) in [5, 5.41) is 0. The van der Waals surface area contributed by atoms with Gasteiger partial charge in [-0.3, -0.25) is 0 Å². The van der Waals surface area contributed by atoms with Crippen molar-refractivity contribution in [1.82, 2.24) is 0 Å². The molecule has 0 bridgehead atoms. The Kier molecular flexibility index (Phi) is 3.46. The molecule has 1 heteroatoms. The van der Waals surface area contributed by atoms with Crippen LogP contribution in [-0.4, -0.2) is 6.29 Å².